The summed E-state index contributed by atoms with van der Waals surface area (Å²) in [6, 6.07) is 10.4. The molecule has 0 aliphatic heterocycles. The molecule has 1 aromatic carbocycles. The van der Waals surface area contributed by atoms with Gasteiger partial charge >= 0.3 is 0 Å². The van der Waals surface area contributed by atoms with Crippen molar-refractivity contribution in [2.24, 2.45) is 0 Å². The summed E-state index contributed by atoms with van der Waals surface area (Å²) < 4.78 is 37.3. The van der Waals surface area contributed by atoms with Crippen molar-refractivity contribution in [3.63, 3.8) is 0 Å². The molecule has 0 spiro atoms. The van der Waals surface area contributed by atoms with Gasteiger partial charge in [-0.25, -0.2) is 13.4 Å². The van der Waals surface area contributed by atoms with Gasteiger partial charge < -0.3 is 24.7 Å². The molecule has 2 N–H and O–H groups in total. The number of anilines is 3. The number of methoxy groups -OCH3 is 1. The van der Waals surface area contributed by atoms with Crippen LogP contribution >= 0.6 is 0 Å². The molecule has 1 saturated carbocycles. The van der Waals surface area contributed by atoms with Crippen LogP contribution in [-0.2, 0) is 21.3 Å². The molecular weight excluding hydrogens is 468 g/mol. The molecule has 8 nitrogen and oxygen atoms in total. The van der Waals surface area contributed by atoms with E-state index < -0.39 is 17.9 Å². The summed E-state index contributed by atoms with van der Waals surface area (Å²) in [7, 11) is -2.96. The van der Waals surface area contributed by atoms with Crippen LogP contribution in [0.2, 0.25) is 25.7 Å². The molecule has 1 aliphatic carbocycles. The van der Waals surface area contributed by atoms with Gasteiger partial charge in [0.05, 0.1) is 17.7 Å². The van der Waals surface area contributed by atoms with Gasteiger partial charge in [-0.15, -0.1) is 0 Å². The summed E-state index contributed by atoms with van der Waals surface area (Å²) in [5.74, 6) is 1.08. The highest BCUT2D eigenvalue weighted by Gasteiger charge is 2.23. The number of hydrogen-bond donors (Lipinski definition) is 2. The molecule has 0 radical (unpaired) electrons. The first-order valence-corrected chi connectivity index (χ1v) is 17.1. The van der Waals surface area contributed by atoms with Crippen LogP contribution in [0.15, 0.2) is 41.4 Å². The van der Waals surface area contributed by atoms with Crippen LogP contribution in [0.5, 0.6) is 5.75 Å². The zero-order valence-corrected chi connectivity index (χ0v) is 22.3. The number of pyridine rings is 1. The topological polar surface area (TPSA) is 94.5 Å². The Balaban J connectivity index is 1.63. The summed E-state index contributed by atoms with van der Waals surface area (Å²) in [6.07, 6.45) is 5.51. The Kier molecular flexibility index (Phi) is 6.93. The van der Waals surface area contributed by atoms with Gasteiger partial charge in [-0.05, 0) is 37.1 Å². The molecule has 0 amide bonds. The number of fused-ring (bicyclic) bond motifs is 1. The maximum atomic E-state index is 11.9. The van der Waals surface area contributed by atoms with Gasteiger partial charge in [0.1, 0.15) is 23.9 Å². The SMILES string of the molecule is COc1cc(S(C)(=O)=O)ccc1Nc1cc(NC2CC2)c2ccn(COCC[Si](C)(C)C)c2n1. The summed E-state index contributed by atoms with van der Waals surface area (Å²) in [5, 5.41) is 7.96. The van der Waals surface area contributed by atoms with Crippen LogP contribution in [0.4, 0.5) is 17.2 Å². The molecule has 10 heteroatoms. The van der Waals surface area contributed by atoms with E-state index in [2.05, 4.69) is 36.3 Å². The van der Waals surface area contributed by atoms with Crippen molar-refractivity contribution in [1.29, 1.82) is 0 Å². The molecule has 4 rings (SSSR count). The van der Waals surface area contributed by atoms with E-state index in [-0.39, 0.29) is 4.90 Å². The number of aromatic nitrogens is 2. The van der Waals surface area contributed by atoms with E-state index in [4.69, 9.17) is 14.5 Å². The molecule has 0 bridgehead atoms. The number of ether oxygens (including phenoxy) is 2. The minimum atomic E-state index is -3.33. The van der Waals surface area contributed by atoms with Gasteiger partial charge in [0.15, 0.2) is 9.84 Å². The van der Waals surface area contributed by atoms with Crippen molar-refractivity contribution in [3.05, 3.63) is 36.5 Å². The summed E-state index contributed by atoms with van der Waals surface area (Å²) in [4.78, 5) is 5.07. The minimum Gasteiger partial charge on any atom is -0.495 e. The normalized spacial score (nSPS) is 14.4. The summed E-state index contributed by atoms with van der Waals surface area (Å²) in [5.41, 5.74) is 2.49. The van der Waals surface area contributed by atoms with Crippen molar-refractivity contribution in [2.45, 2.75) is 56.2 Å². The Bertz CT molecular complexity index is 1280. The average molecular weight is 503 g/mol. The monoisotopic (exact) mass is 502 g/mol. The lowest BCUT2D eigenvalue weighted by molar-refractivity contribution is 0.0899. The first kappa shape index (κ1) is 24.6. The maximum absolute atomic E-state index is 11.9. The third kappa shape index (κ3) is 6.11. The van der Waals surface area contributed by atoms with E-state index in [1.54, 1.807) is 12.1 Å². The van der Waals surface area contributed by atoms with Crippen molar-refractivity contribution < 1.29 is 17.9 Å². The molecule has 184 valence electrons. The largest absolute Gasteiger partial charge is 0.495 e. The lowest BCUT2D eigenvalue weighted by Crippen LogP contribution is -2.22. The van der Waals surface area contributed by atoms with E-state index in [9.17, 15) is 8.42 Å². The van der Waals surface area contributed by atoms with Gasteiger partial charge in [-0.2, -0.15) is 0 Å². The van der Waals surface area contributed by atoms with Crippen LogP contribution in [0, 0.1) is 0 Å². The summed E-state index contributed by atoms with van der Waals surface area (Å²) in [6.45, 7) is 8.21. The standard InChI is InChI=1S/C24H34N4O4SSi/c1-31-22-14-18(33(2,29)30)8-9-20(22)26-23-15-21(25-17-6-7-17)19-10-11-28(24(19)27-23)16-32-12-13-34(3,4)5/h8-11,14-15,17H,6-7,12-13,16H2,1-5H3,(H2,25,26,27). The fourth-order valence-corrected chi connectivity index (χ4v) is 4.97. The molecule has 0 saturated heterocycles. The Hall–Kier alpha value is -2.56. The van der Waals surface area contributed by atoms with E-state index >= 15 is 0 Å². The lowest BCUT2D eigenvalue weighted by atomic mass is 10.2. The fourth-order valence-electron chi connectivity index (χ4n) is 3.58. The van der Waals surface area contributed by atoms with Crippen LogP contribution in [0.1, 0.15) is 12.8 Å². The van der Waals surface area contributed by atoms with Crippen molar-refractivity contribution in [3.8, 4) is 5.75 Å². The van der Waals surface area contributed by atoms with E-state index in [0.717, 1.165) is 42.2 Å². The third-order valence-corrected chi connectivity index (χ3v) is 8.57. The molecule has 3 aromatic rings. The third-order valence-electron chi connectivity index (χ3n) is 5.76. The average Bonchev–Trinajstić information content (AvgIpc) is 3.47. The molecule has 0 atom stereocenters. The fraction of sp³-hybridized carbons (Fsp3) is 0.458. The quantitative estimate of drug-likeness (QED) is 0.279. The number of nitrogens with zero attached hydrogens (tertiary/aromatic N) is 2. The van der Waals surface area contributed by atoms with Crippen LogP contribution in [-0.4, -0.2) is 52.1 Å². The zero-order chi connectivity index (χ0) is 24.5. The Morgan fingerprint density at radius 3 is 2.56 bits per heavy atom. The minimum absolute atomic E-state index is 0.207. The zero-order valence-electron chi connectivity index (χ0n) is 20.5. The van der Waals surface area contributed by atoms with Crippen LogP contribution in [0.3, 0.4) is 0 Å². The van der Waals surface area contributed by atoms with Crippen molar-refractivity contribution in [1.82, 2.24) is 9.55 Å². The second kappa shape index (κ2) is 9.59. The lowest BCUT2D eigenvalue weighted by Gasteiger charge is -2.16. The number of hydrogen-bond acceptors (Lipinski definition) is 7. The highest BCUT2D eigenvalue weighted by Crippen LogP contribution is 2.35. The molecule has 2 aromatic heterocycles. The predicted molar refractivity (Wildman–Crippen MR) is 140 cm³/mol. The molecule has 1 aliphatic rings. The predicted octanol–water partition coefficient (Wildman–Crippen LogP) is 5.08. The van der Waals surface area contributed by atoms with E-state index in [0.29, 0.717) is 30.0 Å². The summed E-state index contributed by atoms with van der Waals surface area (Å²) >= 11 is 0. The Morgan fingerprint density at radius 2 is 1.91 bits per heavy atom. The van der Waals surface area contributed by atoms with E-state index in [1.807, 2.05) is 16.8 Å². The first-order chi connectivity index (χ1) is 16.0. The molecule has 34 heavy (non-hydrogen) atoms. The molecular formula is C24H34N4O4SSi. The number of benzene rings is 1. The van der Waals surface area contributed by atoms with Gasteiger partial charge in [-0.1, -0.05) is 19.6 Å². The van der Waals surface area contributed by atoms with Crippen LogP contribution in [0.25, 0.3) is 11.0 Å². The Morgan fingerprint density at radius 1 is 1.15 bits per heavy atom. The smallest absolute Gasteiger partial charge is 0.175 e. The molecule has 0 unspecified atom stereocenters. The van der Waals surface area contributed by atoms with E-state index in [1.165, 1.54) is 19.4 Å². The second-order valence-electron chi connectivity index (χ2n) is 10.1. The first-order valence-electron chi connectivity index (χ1n) is 11.5. The molecule has 1 fully saturated rings. The van der Waals surface area contributed by atoms with Crippen molar-refractivity contribution >= 4 is 46.1 Å². The van der Waals surface area contributed by atoms with Crippen molar-refractivity contribution in [2.75, 3.05) is 30.6 Å². The number of nitrogens with one attached hydrogen (secondary N) is 2. The van der Waals surface area contributed by atoms with Gasteiger partial charge in [0.2, 0.25) is 0 Å². The van der Waals surface area contributed by atoms with Crippen LogP contribution < -0.4 is 15.4 Å². The highest BCUT2D eigenvalue weighted by molar-refractivity contribution is 7.90. The van der Waals surface area contributed by atoms with Gasteiger partial charge in [-0.3, -0.25) is 0 Å². The van der Waals surface area contributed by atoms with Gasteiger partial charge in [0, 0.05) is 56.4 Å². The van der Waals surface area contributed by atoms with Gasteiger partial charge in [0.25, 0.3) is 0 Å². The Labute approximate surface area is 202 Å². The molecule has 2 heterocycles. The second-order valence-corrected chi connectivity index (χ2v) is 17.7. The highest BCUT2D eigenvalue weighted by atomic mass is 32.2. The number of rotatable bonds is 11. The number of sulfone groups is 1. The maximum Gasteiger partial charge on any atom is 0.175 e.